The van der Waals surface area contributed by atoms with Crippen molar-refractivity contribution in [3.05, 3.63) is 45.2 Å². The topological polar surface area (TPSA) is 93.4 Å². The van der Waals surface area contributed by atoms with Crippen molar-refractivity contribution in [3.8, 4) is 5.75 Å². The van der Waals surface area contributed by atoms with Crippen LogP contribution in [-0.4, -0.2) is 58.5 Å². The Morgan fingerprint density at radius 2 is 1.97 bits per heavy atom. The van der Waals surface area contributed by atoms with Crippen LogP contribution in [0.15, 0.2) is 29.4 Å². The van der Waals surface area contributed by atoms with Crippen LogP contribution >= 0.6 is 11.3 Å². The molecule has 2 amide bonds. The lowest BCUT2D eigenvalue weighted by molar-refractivity contribution is -0.137. The van der Waals surface area contributed by atoms with E-state index in [9.17, 15) is 27.9 Å². The Balaban J connectivity index is 1.69. The third kappa shape index (κ3) is 6.58. The van der Waals surface area contributed by atoms with Gasteiger partial charge < -0.3 is 24.0 Å². The molecule has 0 radical (unpaired) electrons. The summed E-state index contributed by atoms with van der Waals surface area (Å²) >= 11 is 1.31. The fourth-order valence-corrected chi connectivity index (χ4v) is 5.60. The van der Waals surface area contributed by atoms with E-state index in [1.807, 2.05) is 31.5 Å². The van der Waals surface area contributed by atoms with Gasteiger partial charge >= 0.3 is 12.3 Å². The highest BCUT2D eigenvalue weighted by molar-refractivity contribution is 7.09. The quantitative estimate of drug-likeness (QED) is 0.522. The van der Waals surface area contributed by atoms with E-state index >= 15 is 0 Å². The molecule has 208 valence electrons. The maximum Gasteiger partial charge on any atom is 0.416 e. The number of carbonyl (C=O) groups is 2. The molecule has 1 aromatic carbocycles. The Morgan fingerprint density at radius 1 is 1.21 bits per heavy atom. The Morgan fingerprint density at radius 3 is 2.61 bits per heavy atom. The first-order chi connectivity index (χ1) is 17.8. The molecule has 0 aliphatic carbocycles. The molecular weight excluding hydrogens is 523 g/mol. The van der Waals surface area contributed by atoms with Gasteiger partial charge in [-0.15, -0.1) is 11.3 Å². The van der Waals surface area contributed by atoms with E-state index in [2.05, 4.69) is 4.99 Å². The molecule has 38 heavy (non-hydrogen) atoms. The second kappa shape index (κ2) is 11.1. The van der Waals surface area contributed by atoms with Gasteiger partial charge in [-0.2, -0.15) is 18.2 Å². The molecule has 0 spiro atoms. The molecule has 0 bridgehead atoms. The second-order valence-electron chi connectivity index (χ2n) is 10.6. The first-order valence-electron chi connectivity index (χ1n) is 12.6. The van der Waals surface area contributed by atoms with Crippen LogP contribution in [0.3, 0.4) is 0 Å². The average Bonchev–Trinajstić information content (AvgIpc) is 3.58. The van der Waals surface area contributed by atoms with E-state index in [-0.39, 0.29) is 29.4 Å². The number of carboxylic acid groups (broad SMARTS) is 1. The Hall–Kier alpha value is -2.86. The van der Waals surface area contributed by atoms with Crippen LogP contribution in [0.1, 0.15) is 67.3 Å². The number of ether oxygens (including phenoxy) is 2. The number of hydrogen-bond donors (Lipinski definition) is 1. The summed E-state index contributed by atoms with van der Waals surface area (Å²) in [6, 6.07) is 2.24. The predicted octanol–water partition coefficient (Wildman–Crippen LogP) is 5.31. The molecular formula is C26H32F3N3O5S. The van der Waals surface area contributed by atoms with Gasteiger partial charge in [0.2, 0.25) is 0 Å². The fraction of sp³-hybridized carbons (Fsp3) is 0.577. The number of aromatic nitrogens is 1. The summed E-state index contributed by atoms with van der Waals surface area (Å²) < 4.78 is 53.9. The molecule has 2 aliphatic rings. The summed E-state index contributed by atoms with van der Waals surface area (Å²) in [6.07, 6.45) is -0.814. The van der Waals surface area contributed by atoms with E-state index < -0.39 is 29.8 Å². The predicted molar refractivity (Wildman–Crippen MR) is 135 cm³/mol. The number of benzene rings is 1. The lowest BCUT2D eigenvalue weighted by Crippen LogP contribution is -2.38. The maximum absolute atomic E-state index is 13.5. The number of thiazole rings is 1. The molecule has 2 aromatic rings. The van der Waals surface area contributed by atoms with Gasteiger partial charge in [-0.3, -0.25) is 4.79 Å². The summed E-state index contributed by atoms with van der Waals surface area (Å²) in [6.45, 7) is 7.52. The van der Waals surface area contributed by atoms with Crippen molar-refractivity contribution in [1.82, 2.24) is 9.47 Å². The summed E-state index contributed by atoms with van der Waals surface area (Å²) in [5.41, 5.74) is -1.54. The zero-order chi connectivity index (χ0) is 27.7. The minimum Gasteiger partial charge on any atom is -0.491 e. The van der Waals surface area contributed by atoms with E-state index in [1.165, 1.54) is 16.2 Å². The van der Waals surface area contributed by atoms with Crippen molar-refractivity contribution in [3.63, 3.8) is 0 Å². The molecule has 3 heterocycles. The zero-order valence-electron chi connectivity index (χ0n) is 21.6. The molecule has 2 saturated heterocycles. The number of hydrogen-bond acceptors (Lipinski definition) is 5. The zero-order valence-corrected chi connectivity index (χ0v) is 22.4. The highest BCUT2D eigenvalue weighted by Gasteiger charge is 2.33. The van der Waals surface area contributed by atoms with Gasteiger partial charge in [0.25, 0.3) is 5.91 Å². The number of rotatable bonds is 6. The normalized spacial score (nSPS) is 20.8. The lowest BCUT2D eigenvalue weighted by atomic mass is 9.95. The molecule has 4 rings (SSSR count). The van der Waals surface area contributed by atoms with Crippen molar-refractivity contribution in [2.24, 2.45) is 4.99 Å². The summed E-state index contributed by atoms with van der Waals surface area (Å²) in [4.78, 5) is 31.6. The highest BCUT2D eigenvalue weighted by Crippen LogP contribution is 2.33. The number of amides is 2. The van der Waals surface area contributed by atoms with Crippen LogP contribution in [0.2, 0.25) is 0 Å². The summed E-state index contributed by atoms with van der Waals surface area (Å²) in [5.74, 6) is -0.932. The number of carbonyl (C=O) groups excluding carboxylic acids is 1. The number of alkyl halides is 3. The van der Waals surface area contributed by atoms with Gasteiger partial charge in [0.05, 0.1) is 29.8 Å². The standard InChI is InChI=1S/C26H32F3N3O5S/c1-25(2,3)21-14-31(13-18-7-5-11-36-18)23(38-21)30-22(33)19-12-16(26(27,28)29)8-9-20(19)37-15-17-6-4-10-32(17)24(34)35/h8-9,12,14,17-18H,4-7,10-11,13,15H2,1-3H3,(H,34,35)/b30-23-/t17-,18-/m1/s1. The van der Waals surface area contributed by atoms with Gasteiger partial charge in [0, 0.05) is 24.2 Å². The van der Waals surface area contributed by atoms with Crippen LogP contribution in [0.4, 0.5) is 18.0 Å². The Bertz CT molecular complexity index is 1240. The third-order valence-electron chi connectivity index (χ3n) is 6.67. The van der Waals surface area contributed by atoms with Crippen LogP contribution in [0, 0.1) is 0 Å². The summed E-state index contributed by atoms with van der Waals surface area (Å²) in [7, 11) is 0. The van der Waals surface area contributed by atoms with Crippen molar-refractivity contribution >= 4 is 23.3 Å². The molecule has 0 unspecified atom stereocenters. The fourth-order valence-electron chi connectivity index (χ4n) is 4.55. The summed E-state index contributed by atoms with van der Waals surface area (Å²) in [5, 5.41) is 9.37. The molecule has 2 aliphatic heterocycles. The molecule has 2 atom stereocenters. The van der Waals surface area contributed by atoms with Gasteiger partial charge in [-0.25, -0.2) is 4.79 Å². The molecule has 1 aromatic heterocycles. The van der Waals surface area contributed by atoms with E-state index in [0.717, 1.165) is 35.9 Å². The molecule has 2 fully saturated rings. The van der Waals surface area contributed by atoms with Crippen LogP contribution in [-0.2, 0) is 22.9 Å². The van der Waals surface area contributed by atoms with Crippen LogP contribution in [0.25, 0.3) is 0 Å². The highest BCUT2D eigenvalue weighted by atomic mass is 32.1. The van der Waals surface area contributed by atoms with Gasteiger partial charge in [-0.1, -0.05) is 20.8 Å². The minimum absolute atomic E-state index is 0.0254. The van der Waals surface area contributed by atoms with Crippen LogP contribution in [0.5, 0.6) is 5.75 Å². The Kier molecular flexibility index (Phi) is 8.22. The first kappa shape index (κ1) is 28.2. The maximum atomic E-state index is 13.5. The van der Waals surface area contributed by atoms with E-state index in [0.29, 0.717) is 37.3 Å². The average molecular weight is 556 g/mol. The largest absolute Gasteiger partial charge is 0.491 e. The number of halogens is 3. The molecule has 8 nitrogen and oxygen atoms in total. The van der Waals surface area contributed by atoms with E-state index in [4.69, 9.17) is 9.47 Å². The van der Waals surface area contributed by atoms with Crippen molar-refractivity contribution in [1.29, 1.82) is 0 Å². The smallest absolute Gasteiger partial charge is 0.416 e. The van der Waals surface area contributed by atoms with Gasteiger partial charge in [0.15, 0.2) is 4.80 Å². The number of likely N-dealkylation sites (tertiary alicyclic amines) is 1. The second-order valence-corrected chi connectivity index (χ2v) is 11.6. The lowest BCUT2D eigenvalue weighted by Gasteiger charge is -2.22. The molecule has 0 saturated carbocycles. The monoisotopic (exact) mass is 555 g/mol. The van der Waals surface area contributed by atoms with Crippen molar-refractivity contribution < 1.29 is 37.3 Å². The van der Waals surface area contributed by atoms with Gasteiger partial charge in [-0.05, 0) is 49.3 Å². The minimum atomic E-state index is -4.67. The van der Waals surface area contributed by atoms with E-state index in [1.54, 1.807) is 0 Å². The van der Waals surface area contributed by atoms with Crippen molar-refractivity contribution in [2.45, 2.75) is 76.7 Å². The molecule has 1 N–H and O–H groups in total. The Labute approximate surface area is 222 Å². The first-order valence-corrected chi connectivity index (χ1v) is 13.4. The van der Waals surface area contributed by atoms with Crippen LogP contribution < -0.4 is 9.54 Å². The van der Waals surface area contributed by atoms with Gasteiger partial charge in [0.1, 0.15) is 12.4 Å². The SMILES string of the molecule is CC(C)(C)c1cn(C[C@H]2CCCO2)/c(=N/C(=O)c2cc(C(F)(F)F)ccc2OC[C@H]2CCCN2C(=O)O)s1. The van der Waals surface area contributed by atoms with Crippen molar-refractivity contribution in [2.75, 3.05) is 19.8 Å². The number of nitrogens with zero attached hydrogens (tertiary/aromatic N) is 3. The third-order valence-corrected chi connectivity index (χ3v) is 8.12. The molecule has 12 heteroatoms.